The summed E-state index contributed by atoms with van der Waals surface area (Å²) in [5.41, 5.74) is 2.00. The average molecular weight is 315 g/mol. The topological polar surface area (TPSA) is 46.2 Å². The highest BCUT2D eigenvalue weighted by Gasteiger charge is 2.11. The van der Waals surface area contributed by atoms with Crippen LogP contribution in [0.3, 0.4) is 0 Å². The van der Waals surface area contributed by atoms with Gasteiger partial charge in [0.1, 0.15) is 0 Å². The van der Waals surface area contributed by atoms with Gasteiger partial charge in [0.05, 0.1) is 4.88 Å². The highest BCUT2D eigenvalue weighted by Crippen LogP contribution is 2.24. The van der Waals surface area contributed by atoms with Gasteiger partial charge in [-0.15, -0.1) is 11.3 Å². The number of amides is 1. The highest BCUT2D eigenvalue weighted by atomic mass is 32.1. The van der Waals surface area contributed by atoms with Gasteiger partial charge < -0.3 is 5.32 Å². The molecule has 0 atom stereocenters. The van der Waals surface area contributed by atoms with Crippen molar-refractivity contribution in [1.29, 1.82) is 0 Å². The molecule has 1 aromatic carbocycles. The highest BCUT2D eigenvalue weighted by molar-refractivity contribution is 7.12. The van der Waals surface area contributed by atoms with Gasteiger partial charge in [-0.05, 0) is 35.4 Å². The monoisotopic (exact) mass is 315 g/mol. The molecule has 0 radical (unpaired) electrons. The number of ketones is 1. The molecule has 1 aromatic heterocycles. The van der Waals surface area contributed by atoms with Crippen LogP contribution < -0.4 is 5.32 Å². The summed E-state index contributed by atoms with van der Waals surface area (Å²) in [5.74, 6) is 0.439. The molecule has 1 amide bonds. The van der Waals surface area contributed by atoms with Crippen molar-refractivity contribution in [2.45, 2.75) is 39.0 Å². The standard InChI is InChI=1S/C18H21NO2S/c1-13(2)14-7-3-4-8-15(14)19-18(21)11-5-9-16(20)17-10-6-12-22-17/h3-4,6-8,10,12-13H,5,9,11H2,1-2H3,(H,19,21). The number of para-hydroxylation sites is 1. The van der Waals surface area contributed by atoms with E-state index in [1.807, 2.05) is 41.8 Å². The van der Waals surface area contributed by atoms with Crippen LogP contribution in [0.4, 0.5) is 5.69 Å². The minimum absolute atomic E-state index is 0.0351. The number of thiophene rings is 1. The summed E-state index contributed by atoms with van der Waals surface area (Å²) in [7, 11) is 0. The minimum atomic E-state index is -0.0351. The van der Waals surface area contributed by atoms with E-state index in [0.29, 0.717) is 25.2 Å². The molecule has 0 saturated carbocycles. The first kappa shape index (κ1) is 16.4. The number of carbonyl (C=O) groups is 2. The SMILES string of the molecule is CC(C)c1ccccc1NC(=O)CCCC(=O)c1cccs1. The van der Waals surface area contributed by atoms with Crippen LogP contribution in [0, 0.1) is 0 Å². The number of hydrogen-bond acceptors (Lipinski definition) is 3. The van der Waals surface area contributed by atoms with Crippen molar-refractivity contribution < 1.29 is 9.59 Å². The lowest BCUT2D eigenvalue weighted by Gasteiger charge is -2.13. The maximum Gasteiger partial charge on any atom is 0.224 e. The molecule has 0 bridgehead atoms. The molecule has 0 aliphatic heterocycles. The summed E-state index contributed by atoms with van der Waals surface area (Å²) in [6.07, 6.45) is 1.36. The first-order chi connectivity index (χ1) is 10.6. The summed E-state index contributed by atoms with van der Waals surface area (Å²) in [6, 6.07) is 11.5. The predicted octanol–water partition coefficient (Wildman–Crippen LogP) is 4.86. The number of benzene rings is 1. The van der Waals surface area contributed by atoms with Crippen LogP contribution in [0.15, 0.2) is 41.8 Å². The Bertz CT molecular complexity index is 632. The van der Waals surface area contributed by atoms with Gasteiger partial charge in [0.15, 0.2) is 5.78 Å². The van der Waals surface area contributed by atoms with Gasteiger partial charge in [0, 0.05) is 18.5 Å². The molecule has 1 heterocycles. The van der Waals surface area contributed by atoms with Crippen molar-refractivity contribution in [2.24, 2.45) is 0 Å². The molecule has 0 unspecified atom stereocenters. The zero-order chi connectivity index (χ0) is 15.9. The Morgan fingerprint density at radius 1 is 1.09 bits per heavy atom. The van der Waals surface area contributed by atoms with E-state index in [-0.39, 0.29) is 11.7 Å². The van der Waals surface area contributed by atoms with E-state index in [9.17, 15) is 9.59 Å². The van der Waals surface area contributed by atoms with Gasteiger partial charge >= 0.3 is 0 Å². The Morgan fingerprint density at radius 3 is 2.55 bits per heavy atom. The average Bonchev–Trinajstić information content (AvgIpc) is 3.01. The largest absolute Gasteiger partial charge is 0.326 e. The van der Waals surface area contributed by atoms with E-state index in [0.717, 1.165) is 16.1 Å². The number of carbonyl (C=O) groups excluding carboxylic acids is 2. The minimum Gasteiger partial charge on any atom is -0.326 e. The normalized spacial score (nSPS) is 10.7. The van der Waals surface area contributed by atoms with E-state index in [1.165, 1.54) is 11.3 Å². The summed E-state index contributed by atoms with van der Waals surface area (Å²) >= 11 is 1.45. The van der Waals surface area contributed by atoms with Crippen LogP contribution in [-0.2, 0) is 4.79 Å². The van der Waals surface area contributed by atoms with Gasteiger partial charge in [-0.25, -0.2) is 0 Å². The molecular weight excluding hydrogens is 294 g/mol. The number of anilines is 1. The van der Waals surface area contributed by atoms with E-state index in [1.54, 1.807) is 0 Å². The molecule has 0 aliphatic rings. The fourth-order valence-electron chi connectivity index (χ4n) is 2.30. The maximum atomic E-state index is 12.0. The number of rotatable bonds is 7. The first-order valence-corrected chi connectivity index (χ1v) is 8.41. The molecule has 0 aliphatic carbocycles. The lowest BCUT2D eigenvalue weighted by atomic mass is 10.0. The quantitative estimate of drug-likeness (QED) is 0.741. The van der Waals surface area contributed by atoms with Crippen LogP contribution in [-0.4, -0.2) is 11.7 Å². The van der Waals surface area contributed by atoms with E-state index >= 15 is 0 Å². The third kappa shape index (κ3) is 4.53. The third-order valence-electron chi connectivity index (χ3n) is 3.46. The Morgan fingerprint density at radius 2 is 1.86 bits per heavy atom. The zero-order valence-corrected chi connectivity index (χ0v) is 13.8. The Labute approximate surface area is 135 Å². The molecule has 116 valence electrons. The van der Waals surface area contributed by atoms with Crippen LogP contribution in [0.2, 0.25) is 0 Å². The van der Waals surface area contributed by atoms with Gasteiger partial charge in [-0.1, -0.05) is 38.1 Å². The Balaban J connectivity index is 1.82. The van der Waals surface area contributed by atoms with Crippen molar-refractivity contribution in [3.05, 3.63) is 52.2 Å². The van der Waals surface area contributed by atoms with Gasteiger partial charge in [-0.2, -0.15) is 0 Å². The van der Waals surface area contributed by atoms with E-state index in [2.05, 4.69) is 19.2 Å². The fraction of sp³-hybridized carbons (Fsp3) is 0.333. The van der Waals surface area contributed by atoms with Crippen LogP contribution in [0.1, 0.15) is 54.3 Å². The number of hydrogen-bond donors (Lipinski definition) is 1. The number of nitrogens with one attached hydrogen (secondary N) is 1. The van der Waals surface area contributed by atoms with E-state index < -0.39 is 0 Å². The van der Waals surface area contributed by atoms with Crippen LogP contribution >= 0.6 is 11.3 Å². The summed E-state index contributed by atoms with van der Waals surface area (Å²) in [6.45, 7) is 4.20. The molecule has 4 heteroatoms. The molecular formula is C18H21NO2S. The zero-order valence-electron chi connectivity index (χ0n) is 13.0. The molecule has 0 spiro atoms. The van der Waals surface area contributed by atoms with Crippen molar-refractivity contribution in [3.8, 4) is 0 Å². The smallest absolute Gasteiger partial charge is 0.224 e. The Kier molecular flexibility index (Phi) is 5.90. The van der Waals surface area contributed by atoms with Gasteiger partial charge in [-0.3, -0.25) is 9.59 Å². The second kappa shape index (κ2) is 7.90. The first-order valence-electron chi connectivity index (χ1n) is 7.53. The van der Waals surface area contributed by atoms with Crippen molar-refractivity contribution >= 4 is 28.7 Å². The van der Waals surface area contributed by atoms with Crippen molar-refractivity contribution in [1.82, 2.24) is 0 Å². The second-order valence-corrected chi connectivity index (χ2v) is 6.49. The third-order valence-corrected chi connectivity index (χ3v) is 4.37. The second-order valence-electron chi connectivity index (χ2n) is 5.54. The molecule has 0 fully saturated rings. The summed E-state index contributed by atoms with van der Waals surface area (Å²) < 4.78 is 0. The molecule has 2 rings (SSSR count). The van der Waals surface area contributed by atoms with Crippen molar-refractivity contribution in [3.63, 3.8) is 0 Å². The van der Waals surface area contributed by atoms with Crippen LogP contribution in [0.5, 0.6) is 0 Å². The van der Waals surface area contributed by atoms with E-state index in [4.69, 9.17) is 0 Å². The van der Waals surface area contributed by atoms with Gasteiger partial charge in [0.25, 0.3) is 0 Å². The summed E-state index contributed by atoms with van der Waals surface area (Å²) in [5, 5.41) is 4.84. The lowest BCUT2D eigenvalue weighted by Crippen LogP contribution is -2.13. The summed E-state index contributed by atoms with van der Waals surface area (Å²) in [4.78, 5) is 24.7. The number of Topliss-reactive ketones (excluding diaryl/α,β-unsaturated/α-hetero) is 1. The van der Waals surface area contributed by atoms with Crippen LogP contribution in [0.25, 0.3) is 0 Å². The maximum absolute atomic E-state index is 12.0. The predicted molar refractivity (Wildman–Crippen MR) is 91.7 cm³/mol. The lowest BCUT2D eigenvalue weighted by molar-refractivity contribution is -0.116. The molecule has 22 heavy (non-hydrogen) atoms. The van der Waals surface area contributed by atoms with Gasteiger partial charge in [0.2, 0.25) is 5.91 Å². The fourth-order valence-corrected chi connectivity index (χ4v) is 2.99. The van der Waals surface area contributed by atoms with Crippen molar-refractivity contribution in [2.75, 3.05) is 5.32 Å². The molecule has 1 N–H and O–H groups in total. The Hall–Kier alpha value is -1.94. The molecule has 3 nitrogen and oxygen atoms in total. The molecule has 2 aromatic rings. The molecule has 0 saturated heterocycles.